The molecule has 0 bridgehead atoms. The molecule has 0 aromatic heterocycles. The summed E-state index contributed by atoms with van der Waals surface area (Å²) in [6.45, 7) is 7.82. The number of benzene rings is 1. The molecular weight excluding hydrogens is 266 g/mol. The highest BCUT2D eigenvalue weighted by Gasteiger charge is 2.41. The Morgan fingerprint density at radius 1 is 1.33 bits per heavy atom. The summed E-state index contributed by atoms with van der Waals surface area (Å²) < 4.78 is 5.45. The minimum Gasteiger partial charge on any atom is -0.444 e. The number of ether oxygens (including phenoxy) is 1. The second-order valence-electron chi connectivity index (χ2n) is 6.89. The molecule has 2 atom stereocenters. The summed E-state index contributed by atoms with van der Waals surface area (Å²) in [5.74, 6) is 0. The van der Waals surface area contributed by atoms with Gasteiger partial charge in [-0.05, 0) is 46.1 Å². The molecule has 21 heavy (non-hydrogen) atoms. The van der Waals surface area contributed by atoms with E-state index in [4.69, 9.17) is 4.74 Å². The predicted molar refractivity (Wildman–Crippen MR) is 82.0 cm³/mol. The van der Waals surface area contributed by atoms with E-state index in [0.29, 0.717) is 6.42 Å². The molecule has 1 aromatic carbocycles. The first kappa shape index (κ1) is 15.8. The van der Waals surface area contributed by atoms with Gasteiger partial charge in [0, 0.05) is 6.04 Å². The number of aliphatic hydroxyl groups is 1. The van der Waals surface area contributed by atoms with Gasteiger partial charge in [0.05, 0.1) is 6.54 Å². The van der Waals surface area contributed by atoms with Gasteiger partial charge in [-0.1, -0.05) is 30.3 Å². The summed E-state index contributed by atoms with van der Waals surface area (Å²) >= 11 is 0. The number of hydrogen-bond donors (Lipinski definition) is 1. The van der Waals surface area contributed by atoms with Crippen LogP contribution in [0.15, 0.2) is 30.3 Å². The SMILES string of the molecule is CC1CCC(O)(c2ccccc2)CN1C(=O)OC(C)(C)C. The Morgan fingerprint density at radius 2 is 1.95 bits per heavy atom. The number of carbonyl (C=O) groups is 1. The number of hydrogen-bond acceptors (Lipinski definition) is 3. The van der Waals surface area contributed by atoms with E-state index in [2.05, 4.69) is 0 Å². The quantitative estimate of drug-likeness (QED) is 0.863. The molecule has 1 aliphatic heterocycles. The predicted octanol–water partition coefficient (Wildman–Crippen LogP) is 3.29. The first-order valence-electron chi connectivity index (χ1n) is 7.49. The van der Waals surface area contributed by atoms with E-state index in [-0.39, 0.29) is 18.7 Å². The van der Waals surface area contributed by atoms with Gasteiger partial charge in [0.15, 0.2) is 0 Å². The summed E-state index contributed by atoms with van der Waals surface area (Å²) in [6.07, 6.45) is 1.05. The van der Waals surface area contributed by atoms with E-state index in [1.54, 1.807) is 4.90 Å². The van der Waals surface area contributed by atoms with Crippen molar-refractivity contribution in [1.29, 1.82) is 0 Å². The molecule has 116 valence electrons. The minimum atomic E-state index is -0.995. The van der Waals surface area contributed by atoms with Crippen LogP contribution in [-0.2, 0) is 10.3 Å². The zero-order valence-electron chi connectivity index (χ0n) is 13.3. The van der Waals surface area contributed by atoms with Crippen LogP contribution in [0, 0.1) is 0 Å². The van der Waals surface area contributed by atoms with Crippen LogP contribution in [0.1, 0.15) is 46.1 Å². The standard InChI is InChI=1S/C17H25NO3/c1-13-10-11-17(20,14-8-6-5-7-9-14)12-18(13)15(19)21-16(2,3)4/h5-9,13,20H,10-12H2,1-4H3. The van der Waals surface area contributed by atoms with Crippen molar-refractivity contribution < 1.29 is 14.6 Å². The van der Waals surface area contributed by atoms with Crippen molar-refractivity contribution >= 4 is 6.09 Å². The normalized spacial score (nSPS) is 26.5. The molecule has 2 unspecified atom stereocenters. The molecule has 0 saturated carbocycles. The van der Waals surface area contributed by atoms with Crippen LogP contribution in [0.3, 0.4) is 0 Å². The van der Waals surface area contributed by atoms with Crippen molar-refractivity contribution in [3.05, 3.63) is 35.9 Å². The topological polar surface area (TPSA) is 49.8 Å². The van der Waals surface area contributed by atoms with Gasteiger partial charge in [-0.15, -0.1) is 0 Å². The molecule has 1 aliphatic rings. The average molecular weight is 291 g/mol. The van der Waals surface area contributed by atoms with Gasteiger partial charge in [-0.25, -0.2) is 4.79 Å². The highest BCUT2D eigenvalue weighted by molar-refractivity contribution is 5.69. The average Bonchev–Trinajstić information content (AvgIpc) is 2.41. The highest BCUT2D eigenvalue weighted by atomic mass is 16.6. The van der Waals surface area contributed by atoms with Crippen molar-refractivity contribution in [1.82, 2.24) is 4.90 Å². The number of piperidine rings is 1. The maximum Gasteiger partial charge on any atom is 0.410 e. The van der Waals surface area contributed by atoms with E-state index in [1.807, 2.05) is 58.0 Å². The molecule has 1 heterocycles. The maximum absolute atomic E-state index is 12.3. The third-order valence-corrected chi connectivity index (χ3v) is 3.88. The van der Waals surface area contributed by atoms with Crippen molar-refractivity contribution in [2.75, 3.05) is 6.54 Å². The Labute approximate surface area is 126 Å². The molecule has 2 rings (SSSR count). The number of β-amino-alcohol motifs (C(OH)–C–C–N with tert-alkyl or cyclic N) is 1. The van der Waals surface area contributed by atoms with Gasteiger partial charge in [-0.2, -0.15) is 0 Å². The van der Waals surface area contributed by atoms with Gasteiger partial charge in [0.25, 0.3) is 0 Å². The monoisotopic (exact) mass is 291 g/mol. The second-order valence-corrected chi connectivity index (χ2v) is 6.89. The van der Waals surface area contributed by atoms with E-state index >= 15 is 0 Å². The molecule has 0 radical (unpaired) electrons. The van der Waals surface area contributed by atoms with E-state index in [9.17, 15) is 9.90 Å². The van der Waals surface area contributed by atoms with Crippen molar-refractivity contribution in [2.45, 2.75) is 57.8 Å². The summed E-state index contributed by atoms with van der Waals surface area (Å²) in [7, 11) is 0. The number of rotatable bonds is 1. The van der Waals surface area contributed by atoms with Crippen molar-refractivity contribution in [3.8, 4) is 0 Å². The lowest BCUT2D eigenvalue weighted by molar-refractivity contribution is -0.0616. The van der Waals surface area contributed by atoms with Crippen LogP contribution in [0.2, 0.25) is 0 Å². The lowest BCUT2D eigenvalue weighted by atomic mass is 9.83. The molecule has 1 saturated heterocycles. The summed E-state index contributed by atoms with van der Waals surface area (Å²) in [5.41, 5.74) is -0.672. The van der Waals surface area contributed by atoms with Gasteiger partial charge in [-0.3, -0.25) is 0 Å². The minimum absolute atomic E-state index is 0.0730. The lowest BCUT2D eigenvalue weighted by Gasteiger charge is -2.43. The first-order valence-corrected chi connectivity index (χ1v) is 7.49. The van der Waals surface area contributed by atoms with Crippen LogP contribution >= 0.6 is 0 Å². The lowest BCUT2D eigenvalue weighted by Crippen LogP contribution is -2.53. The largest absolute Gasteiger partial charge is 0.444 e. The Hall–Kier alpha value is -1.55. The molecule has 1 aromatic rings. The molecule has 1 N–H and O–H groups in total. The van der Waals surface area contributed by atoms with Crippen LogP contribution in [0.5, 0.6) is 0 Å². The number of nitrogens with zero attached hydrogens (tertiary/aromatic N) is 1. The summed E-state index contributed by atoms with van der Waals surface area (Å²) in [4.78, 5) is 14.0. The number of likely N-dealkylation sites (tertiary alicyclic amines) is 1. The van der Waals surface area contributed by atoms with Crippen LogP contribution in [-0.4, -0.2) is 34.3 Å². The molecule has 4 nitrogen and oxygen atoms in total. The second kappa shape index (κ2) is 5.68. The fourth-order valence-corrected chi connectivity index (χ4v) is 2.67. The molecule has 0 aliphatic carbocycles. The van der Waals surface area contributed by atoms with Crippen LogP contribution in [0.4, 0.5) is 4.79 Å². The molecule has 1 fully saturated rings. The molecule has 4 heteroatoms. The Kier molecular flexibility index (Phi) is 4.28. The fourth-order valence-electron chi connectivity index (χ4n) is 2.67. The van der Waals surface area contributed by atoms with E-state index < -0.39 is 11.2 Å². The van der Waals surface area contributed by atoms with Crippen LogP contribution < -0.4 is 0 Å². The van der Waals surface area contributed by atoms with E-state index in [1.165, 1.54) is 0 Å². The zero-order valence-corrected chi connectivity index (χ0v) is 13.3. The maximum atomic E-state index is 12.3. The number of amides is 1. The Morgan fingerprint density at radius 3 is 2.52 bits per heavy atom. The molecular formula is C17H25NO3. The molecule has 1 amide bonds. The Bertz CT molecular complexity index is 495. The van der Waals surface area contributed by atoms with Gasteiger partial charge in [0.1, 0.15) is 11.2 Å². The third kappa shape index (κ3) is 3.76. The Balaban J connectivity index is 2.18. The number of carbonyl (C=O) groups excluding carboxylic acids is 1. The van der Waals surface area contributed by atoms with Crippen LogP contribution in [0.25, 0.3) is 0 Å². The highest BCUT2D eigenvalue weighted by Crippen LogP contribution is 2.34. The van der Waals surface area contributed by atoms with E-state index in [0.717, 1.165) is 12.0 Å². The van der Waals surface area contributed by atoms with Gasteiger partial charge >= 0.3 is 6.09 Å². The third-order valence-electron chi connectivity index (χ3n) is 3.88. The van der Waals surface area contributed by atoms with Crippen molar-refractivity contribution in [2.24, 2.45) is 0 Å². The summed E-state index contributed by atoms with van der Waals surface area (Å²) in [5, 5.41) is 10.9. The summed E-state index contributed by atoms with van der Waals surface area (Å²) in [6, 6.07) is 9.62. The van der Waals surface area contributed by atoms with Gasteiger partial charge in [0.2, 0.25) is 0 Å². The first-order chi connectivity index (χ1) is 9.71. The molecule has 0 spiro atoms. The fraction of sp³-hybridized carbons (Fsp3) is 0.588. The smallest absolute Gasteiger partial charge is 0.410 e. The zero-order chi connectivity index (χ0) is 15.7. The van der Waals surface area contributed by atoms with Gasteiger partial charge < -0.3 is 14.7 Å². The van der Waals surface area contributed by atoms with Crippen molar-refractivity contribution in [3.63, 3.8) is 0 Å².